The van der Waals surface area contributed by atoms with Crippen LogP contribution in [0.3, 0.4) is 0 Å². The highest BCUT2D eigenvalue weighted by molar-refractivity contribution is 5.20. The van der Waals surface area contributed by atoms with Crippen LogP contribution in [0.2, 0.25) is 0 Å². The monoisotopic (exact) mass is 249 g/mol. The Morgan fingerprint density at radius 1 is 1.06 bits per heavy atom. The first-order valence-electron chi connectivity index (χ1n) is 6.97. The Balaban J connectivity index is 2.39. The molecule has 18 heavy (non-hydrogen) atoms. The van der Waals surface area contributed by atoms with Gasteiger partial charge in [-0.1, -0.05) is 44.2 Å². The normalized spacial score (nSPS) is 18.1. The standard InChI is InChI=1S/C16H27NO/c1-12(10-13(2)18)11-17-15(4)14(3)16-8-6-5-7-9-16/h5-9,12-15,17-18H,10-11H2,1-4H3. The third-order valence-electron chi connectivity index (χ3n) is 3.61. The molecule has 0 heterocycles. The van der Waals surface area contributed by atoms with Gasteiger partial charge in [-0.05, 0) is 44.2 Å². The number of aliphatic hydroxyl groups is 1. The van der Waals surface area contributed by atoms with Crippen LogP contribution < -0.4 is 5.32 Å². The molecule has 4 atom stereocenters. The second kappa shape index (κ2) is 7.55. The fourth-order valence-corrected chi connectivity index (χ4v) is 2.27. The van der Waals surface area contributed by atoms with E-state index in [-0.39, 0.29) is 6.10 Å². The quantitative estimate of drug-likeness (QED) is 0.778. The summed E-state index contributed by atoms with van der Waals surface area (Å²) in [6.45, 7) is 9.48. The Labute approximate surface area is 111 Å². The molecule has 1 aromatic carbocycles. The summed E-state index contributed by atoms with van der Waals surface area (Å²) in [6, 6.07) is 11.1. The molecule has 1 rings (SSSR count). The maximum atomic E-state index is 9.35. The predicted octanol–water partition coefficient (Wildman–Crippen LogP) is 3.18. The SMILES string of the molecule is CC(O)CC(C)CNC(C)C(C)c1ccccc1. The minimum absolute atomic E-state index is 0.205. The fraction of sp³-hybridized carbons (Fsp3) is 0.625. The third-order valence-corrected chi connectivity index (χ3v) is 3.61. The summed E-state index contributed by atoms with van der Waals surface area (Å²) < 4.78 is 0. The van der Waals surface area contributed by atoms with Crippen LogP contribution in [0.1, 0.15) is 45.6 Å². The molecule has 2 N–H and O–H groups in total. The average Bonchev–Trinajstić information content (AvgIpc) is 2.35. The molecule has 0 saturated carbocycles. The molecule has 0 aliphatic heterocycles. The largest absolute Gasteiger partial charge is 0.393 e. The first-order valence-corrected chi connectivity index (χ1v) is 6.97. The maximum Gasteiger partial charge on any atom is 0.0515 e. The van der Waals surface area contributed by atoms with Gasteiger partial charge >= 0.3 is 0 Å². The van der Waals surface area contributed by atoms with E-state index in [2.05, 4.69) is 56.4 Å². The third kappa shape index (κ3) is 5.19. The highest BCUT2D eigenvalue weighted by atomic mass is 16.3. The molecular weight excluding hydrogens is 222 g/mol. The molecule has 2 nitrogen and oxygen atoms in total. The van der Waals surface area contributed by atoms with Crippen molar-refractivity contribution in [2.24, 2.45) is 5.92 Å². The van der Waals surface area contributed by atoms with Crippen molar-refractivity contribution in [1.29, 1.82) is 0 Å². The molecule has 0 spiro atoms. The summed E-state index contributed by atoms with van der Waals surface area (Å²) in [5, 5.41) is 12.9. The smallest absolute Gasteiger partial charge is 0.0515 e. The number of aliphatic hydroxyl groups excluding tert-OH is 1. The highest BCUT2D eigenvalue weighted by Crippen LogP contribution is 2.18. The zero-order valence-corrected chi connectivity index (χ0v) is 12.1. The van der Waals surface area contributed by atoms with Crippen molar-refractivity contribution in [3.63, 3.8) is 0 Å². The van der Waals surface area contributed by atoms with Gasteiger partial charge in [0.15, 0.2) is 0 Å². The molecule has 0 aromatic heterocycles. The molecule has 4 unspecified atom stereocenters. The van der Waals surface area contributed by atoms with Crippen molar-refractivity contribution >= 4 is 0 Å². The van der Waals surface area contributed by atoms with Crippen LogP contribution in [0, 0.1) is 5.92 Å². The Hall–Kier alpha value is -0.860. The fourth-order valence-electron chi connectivity index (χ4n) is 2.27. The van der Waals surface area contributed by atoms with Gasteiger partial charge in [0.2, 0.25) is 0 Å². The Morgan fingerprint density at radius 3 is 2.22 bits per heavy atom. The first-order chi connectivity index (χ1) is 8.50. The van der Waals surface area contributed by atoms with Gasteiger partial charge in [0.05, 0.1) is 6.10 Å². The summed E-state index contributed by atoms with van der Waals surface area (Å²) >= 11 is 0. The van der Waals surface area contributed by atoms with E-state index < -0.39 is 0 Å². The van der Waals surface area contributed by atoms with Crippen LogP contribution >= 0.6 is 0 Å². The highest BCUT2D eigenvalue weighted by Gasteiger charge is 2.15. The number of hydrogen-bond acceptors (Lipinski definition) is 2. The van der Waals surface area contributed by atoms with Crippen molar-refractivity contribution in [2.75, 3.05) is 6.54 Å². The van der Waals surface area contributed by atoms with Gasteiger partial charge in [-0.2, -0.15) is 0 Å². The molecule has 102 valence electrons. The van der Waals surface area contributed by atoms with Gasteiger partial charge < -0.3 is 10.4 Å². The second-order valence-electron chi connectivity index (χ2n) is 5.59. The van der Waals surface area contributed by atoms with Gasteiger partial charge in [-0.25, -0.2) is 0 Å². The zero-order valence-electron chi connectivity index (χ0n) is 12.1. The summed E-state index contributed by atoms with van der Waals surface area (Å²) in [4.78, 5) is 0. The Kier molecular flexibility index (Phi) is 6.37. The second-order valence-corrected chi connectivity index (χ2v) is 5.59. The molecule has 0 aliphatic rings. The Morgan fingerprint density at radius 2 is 1.67 bits per heavy atom. The van der Waals surface area contributed by atoms with Gasteiger partial charge in [0.25, 0.3) is 0 Å². The molecule has 0 fully saturated rings. The zero-order chi connectivity index (χ0) is 13.5. The summed E-state index contributed by atoms with van der Waals surface area (Å²) in [5.41, 5.74) is 1.38. The molecule has 0 radical (unpaired) electrons. The maximum absolute atomic E-state index is 9.35. The van der Waals surface area contributed by atoms with E-state index >= 15 is 0 Å². The van der Waals surface area contributed by atoms with Crippen molar-refractivity contribution in [3.05, 3.63) is 35.9 Å². The molecule has 0 saturated heterocycles. The first kappa shape index (κ1) is 15.2. The molecule has 0 amide bonds. The molecule has 0 bridgehead atoms. The van der Waals surface area contributed by atoms with Crippen LogP contribution in [0.15, 0.2) is 30.3 Å². The van der Waals surface area contributed by atoms with Crippen LogP contribution in [-0.4, -0.2) is 23.8 Å². The van der Waals surface area contributed by atoms with Crippen LogP contribution in [0.25, 0.3) is 0 Å². The minimum Gasteiger partial charge on any atom is -0.393 e. The van der Waals surface area contributed by atoms with E-state index in [9.17, 15) is 5.11 Å². The van der Waals surface area contributed by atoms with Gasteiger partial charge in [-0.15, -0.1) is 0 Å². The lowest BCUT2D eigenvalue weighted by Gasteiger charge is -2.24. The van der Waals surface area contributed by atoms with E-state index in [1.165, 1.54) is 5.56 Å². The summed E-state index contributed by atoms with van der Waals surface area (Å²) in [7, 11) is 0. The molecule has 2 heteroatoms. The molecular formula is C16H27NO. The Bertz CT molecular complexity index is 323. The summed E-state index contributed by atoms with van der Waals surface area (Å²) in [6.07, 6.45) is 0.656. The van der Waals surface area contributed by atoms with Crippen molar-refractivity contribution < 1.29 is 5.11 Å². The number of hydrogen-bond donors (Lipinski definition) is 2. The number of nitrogens with one attached hydrogen (secondary N) is 1. The van der Waals surface area contributed by atoms with Crippen LogP contribution in [0.5, 0.6) is 0 Å². The van der Waals surface area contributed by atoms with E-state index in [1.54, 1.807) is 0 Å². The van der Waals surface area contributed by atoms with Gasteiger partial charge in [-0.3, -0.25) is 0 Å². The van der Waals surface area contributed by atoms with Crippen molar-refractivity contribution in [2.45, 2.75) is 52.2 Å². The lowest BCUT2D eigenvalue weighted by atomic mass is 9.94. The van der Waals surface area contributed by atoms with E-state index in [4.69, 9.17) is 0 Å². The number of benzene rings is 1. The average molecular weight is 249 g/mol. The van der Waals surface area contributed by atoms with Crippen molar-refractivity contribution in [1.82, 2.24) is 5.32 Å². The van der Waals surface area contributed by atoms with Crippen molar-refractivity contribution in [3.8, 4) is 0 Å². The lowest BCUT2D eigenvalue weighted by Crippen LogP contribution is -2.34. The lowest BCUT2D eigenvalue weighted by molar-refractivity contribution is 0.162. The molecule has 0 aliphatic carbocycles. The summed E-state index contributed by atoms with van der Waals surface area (Å²) in [5.74, 6) is 1.01. The van der Waals surface area contributed by atoms with Crippen LogP contribution in [0.4, 0.5) is 0 Å². The van der Waals surface area contributed by atoms with E-state index in [0.29, 0.717) is 17.9 Å². The topological polar surface area (TPSA) is 32.3 Å². The minimum atomic E-state index is -0.205. The molecule has 1 aromatic rings. The van der Waals surface area contributed by atoms with E-state index in [1.807, 2.05) is 6.92 Å². The number of rotatable bonds is 7. The van der Waals surface area contributed by atoms with Gasteiger partial charge in [0, 0.05) is 6.04 Å². The van der Waals surface area contributed by atoms with Crippen LogP contribution in [-0.2, 0) is 0 Å². The predicted molar refractivity (Wildman–Crippen MR) is 77.8 cm³/mol. The van der Waals surface area contributed by atoms with E-state index in [0.717, 1.165) is 13.0 Å². The van der Waals surface area contributed by atoms with Gasteiger partial charge in [0.1, 0.15) is 0 Å².